The SMILES string of the molecule is CC(C)(C)c1n[nH]c(=O)nc1N/N=C/c1cccc(F)c1. The first kappa shape index (κ1) is 14.8. The van der Waals surface area contributed by atoms with Crippen LogP contribution in [-0.2, 0) is 5.41 Å². The van der Waals surface area contributed by atoms with Crippen molar-refractivity contribution in [2.24, 2.45) is 5.10 Å². The van der Waals surface area contributed by atoms with E-state index in [4.69, 9.17) is 0 Å². The van der Waals surface area contributed by atoms with Crippen LogP contribution in [0.15, 0.2) is 34.2 Å². The second-order valence-corrected chi connectivity index (χ2v) is 5.51. The van der Waals surface area contributed by atoms with E-state index in [1.165, 1.54) is 18.3 Å². The molecule has 2 aromatic rings. The van der Waals surface area contributed by atoms with Crippen molar-refractivity contribution >= 4 is 12.0 Å². The quantitative estimate of drug-likeness (QED) is 0.669. The van der Waals surface area contributed by atoms with Crippen molar-refractivity contribution in [1.29, 1.82) is 0 Å². The molecule has 6 nitrogen and oxygen atoms in total. The maximum Gasteiger partial charge on any atom is 0.363 e. The Balaban J connectivity index is 2.24. The van der Waals surface area contributed by atoms with Gasteiger partial charge in [-0.05, 0) is 17.7 Å². The molecule has 0 amide bonds. The van der Waals surface area contributed by atoms with Gasteiger partial charge in [0.1, 0.15) is 11.5 Å². The highest BCUT2D eigenvalue weighted by molar-refractivity contribution is 5.80. The first-order chi connectivity index (χ1) is 9.86. The lowest BCUT2D eigenvalue weighted by molar-refractivity contribution is 0.553. The Hall–Kier alpha value is -2.57. The number of benzene rings is 1. The summed E-state index contributed by atoms with van der Waals surface area (Å²) in [5.41, 5.74) is 2.98. The molecule has 0 radical (unpaired) electrons. The Labute approximate surface area is 121 Å². The van der Waals surface area contributed by atoms with Crippen LogP contribution in [0.3, 0.4) is 0 Å². The number of hydrogen-bond donors (Lipinski definition) is 2. The Morgan fingerprint density at radius 2 is 2.14 bits per heavy atom. The lowest BCUT2D eigenvalue weighted by Gasteiger charge is -2.18. The summed E-state index contributed by atoms with van der Waals surface area (Å²) >= 11 is 0. The zero-order valence-electron chi connectivity index (χ0n) is 12.0. The monoisotopic (exact) mass is 289 g/mol. The van der Waals surface area contributed by atoms with Gasteiger partial charge in [0.2, 0.25) is 0 Å². The third-order valence-electron chi connectivity index (χ3n) is 2.64. The summed E-state index contributed by atoms with van der Waals surface area (Å²) < 4.78 is 13.0. The number of nitrogens with zero attached hydrogens (tertiary/aromatic N) is 3. The second kappa shape index (κ2) is 5.82. The third kappa shape index (κ3) is 3.95. The van der Waals surface area contributed by atoms with Gasteiger partial charge in [0.25, 0.3) is 0 Å². The number of hydrogen-bond acceptors (Lipinski definition) is 5. The predicted octanol–water partition coefficient (Wildman–Crippen LogP) is 2.05. The Bertz CT molecular complexity index is 718. The molecule has 1 heterocycles. The van der Waals surface area contributed by atoms with Crippen LogP contribution < -0.4 is 11.1 Å². The molecule has 7 heteroatoms. The summed E-state index contributed by atoms with van der Waals surface area (Å²) in [5.74, 6) is -0.0656. The number of aromatic amines is 1. The molecule has 110 valence electrons. The highest BCUT2D eigenvalue weighted by Crippen LogP contribution is 2.24. The summed E-state index contributed by atoms with van der Waals surface area (Å²) in [7, 11) is 0. The van der Waals surface area contributed by atoms with E-state index in [2.05, 4.69) is 25.7 Å². The van der Waals surface area contributed by atoms with Crippen LogP contribution in [0.1, 0.15) is 32.0 Å². The standard InChI is InChI=1S/C14H16FN5O/c1-14(2,3)11-12(17-13(21)20-18-11)19-16-8-9-5-4-6-10(15)7-9/h4-8H,1-3H3,(H2,17,19,20,21)/b16-8+. The fourth-order valence-corrected chi connectivity index (χ4v) is 1.69. The van der Waals surface area contributed by atoms with Crippen molar-refractivity contribution in [1.82, 2.24) is 15.2 Å². The molecule has 0 aliphatic carbocycles. The molecule has 1 aromatic carbocycles. The van der Waals surface area contributed by atoms with E-state index in [-0.39, 0.29) is 17.1 Å². The molecular formula is C14H16FN5O. The topological polar surface area (TPSA) is 83.0 Å². The van der Waals surface area contributed by atoms with E-state index in [0.717, 1.165) is 0 Å². The van der Waals surface area contributed by atoms with Crippen LogP contribution in [0.25, 0.3) is 0 Å². The van der Waals surface area contributed by atoms with Gasteiger partial charge in [0.05, 0.1) is 6.21 Å². The molecule has 0 saturated heterocycles. The molecule has 2 N–H and O–H groups in total. The minimum atomic E-state index is -0.563. The van der Waals surface area contributed by atoms with Crippen molar-refractivity contribution < 1.29 is 4.39 Å². The first-order valence-electron chi connectivity index (χ1n) is 6.38. The lowest BCUT2D eigenvalue weighted by Crippen LogP contribution is -2.24. The third-order valence-corrected chi connectivity index (χ3v) is 2.64. The Kier molecular flexibility index (Phi) is 4.11. The maximum atomic E-state index is 13.0. The summed E-state index contributed by atoms with van der Waals surface area (Å²) in [4.78, 5) is 15.1. The molecule has 0 saturated carbocycles. The van der Waals surface area contributed by atoms with Crippen molar-refractivity contribution in [2.45, 2.75) is 26.2 Å². The molecule has 0 fully saturated rings. The number of aromatic nitrogens is 3. The first-order valence-corrected chi connectivity index (χ1v) is 6.38. The Morgan fingerprint density at radius 3 is 2.81 bits per heavy atom. The molecule has 2 rings (SSSR count). The predicted molar refractivity (Wildman–Crippen MR) is 79.0 cm³/mol. The molecule has 0 atom stereocenters. The van der Waals surface area contributed by atoms with Crippen LogP contribution >= 0.6 is 0 Å². The number of nitrogens with one attached hydrogen (secondary N) is 2. The van der Waals surface area contributed by atoms with Crippen LogP contribution in [0.4, 0.5) is 10.2 Å². The number of rotatable bonds is 3. The molecule has 1 aromatic heterocycles. The van der Waals surface area contributed by atoms with E-state index in [0.29, 0.717) is 11.3 Å². The normalized spacial score (nSPS) is 11.8. The van der Waals surface area contributed by atoms with E-state index >= 15 is 0 Å². The number of hydrazone groups is 1. The van der Waals surface area contributed by atoms with E-state index in [9.17, 15) is 9.18 Å². The van der Waals surface area contributed by atoms with Crippen molar-refractivity contribution in [2.75, 3.05) is 5.43 Å². The molecule has 0 unspecified atom stereocenters. The fourth-order valence-electron chi connectivity index (χ4n) is 1.69. The summed E-state index contributed by atoms with van der Waals surface area (Å²) in [5, 5.41) is 10.3. The number of halogens is 1. The highest BCUT2D eigenvalue weighted by Gasteiger charge is 2.21. The summed E-state index contributed by atoms with van der Waals surface area (Å²) in [6, 6.07) is 6.00. The van der Waals surface area contributed by atoms with Gasteiger partial charge in [0.15, 0.2) is 5.82 Å². The zero-order chi connectivity index (χ0) is 15.5. The van der Waals surface area contributed by atoms with Gasteiger partial charge < -0.3 is 0 Å². The average Bonchev–Trinajstić information content (AvgIpc) is 2.37. The van der Waals surface area contributed by atoms with Crippen molar-refractivity contribution in [3.8, 4) is 0 Å². The van der Waals surface area contributed by atoms with Gasteiger partial charge in [0, 0.05) is 5.41 Å². The zero-order valence-corrected chi connectivity index (χ0v) is 12.0. The molecular weight excluding hydrogens is 273 g/mol. The van der Waals surface area contributed by atoms with Crippen molar-refractivity contribution in [3.63, 3.8) is 0 Å². The number of H-pyrrole nitrogens is 1. The maximum absolute atomic E-state index is 13.0. The van der Waals surface area contributed by atoms with Gasteiger partial charge in [-0.3, -0.25) is 5.43 Å². The van der Waals surface area contributed by atoms with Gasteiger partial charge in [-0.1, -0.05) is 32.9 Å². The molecule has 0 aliphatic rings. The average molecular weight is 289 g/mol. The van der Waals surface area contributed by atoms with Gasteiger partial charge in [-0.2, -0.15) is 15.2 Å². The highest BCUT2D eigenvalue weighted by atomic mass is 19.1. The second-order valence-electron chi connectivity index (χ2n) is 5.51. The van der Waals surface area contributed by atoms with Gasteiger partial charge in [-0.25, -0.2) is 14.3 Å². The van der Waals surface area contributed by atoms with E-state index in [1.807, 2.05) is 20.8 Å². The molecule has 21 heavy (non-hydrogen) atoms. The van der Waals surface area contributed by atoms with E-state index in [1.54, 1.807) is 12.1 Å². The van der Waals surface area contributed by atoms with Gasteiger partial charge >= 0.3 is 5.69 Å². The lowest BCUT2D eigenvalue weighted by atomic mass is 9.92. The van der Waals surface area contributed by atoms with E-state index < -0.39 is 5.69 Å². The van der Waals surface area contributed by atoms with Crippen molar-refractivity contribution in [3.05, 3.63) is 51.8 Å². The molecule has 0 bridgehead atoms. The van der Waals surface area contributed by atoms with Crippen LogP contribution in [-0.4, -0.2) is 21.4 Å². The largest absolute Gasteiger partial charge is 0.363 e. The minimum absolute atomic E-state index is 0.277. The van der Waals surface area contributed by atoms with Crippen LogP contribution in [0.5, 0.6) is 0 Å². The summed E-state index contributed by atoms with van der Waals surface area (Å²) in [6.45, 7) is 5.82. The van der Waals surface area contributed by atoms with Crippen LogP contribution in [0, 0.1) is 5.82 Å². The number of anilines is 1. The Morgan fingerprint density at radius 1 is 1.38 bits per heavy atom. The van der Waals surface area contributed by atoms with Crippen LogP contribution in [0.2, 0.25) is 0 Å². The molecule has 0 spiro atoms. The molecule has 0 aliphatic heterocycles. The van der Waals surface area contributed by atoms with Gasteiger partial charge in [-0.15, -0.1) is 0 Å². The smallest absolute Gasteiger partial charge is 0.260 e. The fraction of sp³-hybridized carbons (Fsp3) is 0.286. The minimum Gasteiger partial charge on any atom is -0.260 e. The summed E-state index contributed by atoms with van der Waals surface area (Å²) in [6.07, 6.45) is 1.44.